The first-order valence-electron chi connectivity index (χ1n) is 10.1. The maximum absolute atomic E-state index is 11.1. The maximum atomic E-state index is 11.1. The lowest BCUT2D eigenvalue weighted by Crippen LogP contribution is -2.14. The van der Waals surface area contributed by atoms with Gasteiger partial charge in [0.05, 0.1) is 6.61 Å². The lowest BCUT2D eigenvalue weighted by molar-refractivity contribution is -0.140. The van der Waals surface area contributed by atoms with E-state index in [9.17, 15) is 9.59 Å². The minimum atomic E-state index is -0.383. The molecular formula is C24H36O5. The third kappa shape index (κ3) is 14.1. The van der Waals surface area contributed by atoms with Crippen LogP contribution in [0.25, 0.3) is 0 Å². The second-order valence-electron chi connectivity index (χ2n) is 6.87. The molecule has 0 heterocycles. The summed E-state index contributed by atoms with van der Waals surface area (Å²) in [5.74, 6) is 0.633. The molecule has 0 aliphatic heterocycles. The van der Waals surface area contributed by atoms with Crippen LogP contribution in [0.2, 0.25) is 0 Å². The monoisotopic (exact) mass is 404 g/mol. The van der Waals surface area contributed by atoms with Crippen molar-refractivity contribution in [3.05, 3.63) is 54.6 Å². The van der Waals surface area contributed by atoms with E-state index in [0.717, 1.165) is 18.6 Å². The van der Waals surface area contributed by atoms with Gasteiger partial charge in [0.15, 0.2) is 0 Å². The second kappa shape index (κ2) is 16.4. The summed E-state index contributed by atoms with van der Waals surface area (Å²) >= 11 is 0. The highest BCUT2D eigenvalue weighted by Gasteiger charge is 2.09. The van der Waals surface area contributed by atoms with Gasteiger partial charge in [-0.2, -0.15) is 0 Å². The molecule has 0 spiro atoms. The first-order chi connectivity index (χ1) is 13.8. The summed E-state index contributed by atoms with van der Waals surface area (Å²) in [6, 6.07) is 9.37. The van der Waals surface area contributed by atoms with Crippen molar-refractivity contribution in [2.24, 2.45) is 5.92 Å². The van der Waals surface area contributed by atoms with E-state index < -0.39 is 0 Å². The Morgan fingerprint density at radius 1 is 0.931 bits per heavy atom. The predicted molar refractivity (Wildman–Crippen MR) is 117 cm³/mol. The van der Waals surface area contributed by atoms with Crippen LogP contribution >= 0.6 is 0 Å². The molecule has 0 amide bonds. The highest BCUT2D eigenvalue weighted by molar-refractivity contribution is 5.87. The fraction of sp³-hybridized carbons (Fsp3) is 0.500. The van der Waals surface area contributed by atoms with Crippen molar-refractivity contribution >= 4 is 11.9 Å². The predicted octanol–water partition coefficient (Wildman–Crippen LogP) is 5.51. The normalized spacial score (nSPS) is 10.8. The van der Waals surface area contributed by atoms with E-state index in [1.807, 2.05) is 30.3 Å². The first-order valence-corrected chi connectivity index (χ1v) is 10.1. The number of ether oxygens (including phenoxy) is 3. The largest absolute Gasteiger partial charge is 0.490 e. The van der Waals surface area contributed by atoms with Gasteiger partial charge in [-0.05, 0) is 38.3 Å². The number of para-hydroxylation sites is 1. The summed E-state index contributed by atoms with van der Waals surface area (Å²) in [5.41, 5.74) is 0.880. The molecule has 0 saturated carbocycles. The van der Waals surface area contributed by atoms with Gasteiger partial charge in [-0.25, -0.2) is 9.59 Å². The van der Waals surface area contributed by atoms with Crippen molar-refractivity contribution in [3.8, 4) is 5.75 Å². The summed E-state index contributed by atoms with van der Waals surface area (Å²) in [7, 11) is 0. The van der Waals surface area contributed by atoms with E-state index in [1.165, 1.54) is 12.8 Å². The average molecular weight is 405 g/mol. The molecule has 0 aliphatic carbocycles. The van der Waals surface area contributed by atoms with Crippen molar-refractivity contribution in [3.63, 3.8) is 0 Å². The molecule has 0 N–H and O–H groups in total. The summed E-state index contributed by atoms with van der Waals surface area (Å²) in [6.45, 7) is 15.7. The Labute approximate surface area is 175 Å². The number of esters is 2. The SMILES string of the molecule is C=C(C)C(=O)OCC(CC)CCCC.C=C(C)C(=O)OCCOc1ccccc1. The lowest BCUT2D eigenvalue weighted by Gasteiger charge is -2.14. The molecule has 0 fully saturated rings. The summed E-state index contributed by atoms with van der Waals surface area (Å²) < 4.78 is 15.3. The van der Waals surface area contributed by atoms with Crippen molar-refractivity contribution < 1.29 is 23.8 Å². The Hall–Kier alpha value is -2.56. The van der Waals surface area contributed by atoms with E-state index in [1.54, 1.807) is 13.8 Å². The molecule has 162 valence electrons. The van der Waals surface area contributed by atoms with Crippen LogP contribution < -0.4 is 4.74 Å². The van der Waals surface area contributed by atoms with Crippen LogP contribution in [0.3, 0.4) is 0 Å². The van der Waals surface area contributed by atoms with Gasteiger partial charge >= 0.3 is 11.9 Å². The average Bonchev–Trinajstić information content (AvgIpc) is 2.72. The Morgan fingerprint density at radius 3 is 2.03 bits per heavy atom. The molecule has 5 heteroatoms. The van der Waals surface area contributed by atoms with E-state index in [2.05, 4.69) is 27.0 Å². The van der Waals surface area contributed by atoms with Gasteiger partial charge in [-0.3, -0.25) is 0 Å². The highest BCUT2D eigenvalue weighted by Crippen LogP contribution is 2.13. The number of carbonyl (C=O) groups is 2. The second-order valence-corrected chi connectivity index (χ2v) is 6.87. The molecule has 5 nitrogen and oxygen atoms in total. The van der Waals surface area contributed by atoms with E-state index >= 15 is 0 Å². The fourth-order valence-corrected chi connectivity index (χ4v) is 2.15. The molecule has 1 aromatic rings. The summed E-state index contributed by atoms with van der Waals surface area (Å²) in [5, 5.41) is 0. The van der Waals surface area contributed by atoms with Crippen LogP contribution in [0.4, 0.5) is 0 Å². The molecule has 29 heavy (non-hydrogen) atoms. The molecule has 1 atom stereocenters. The molecule has 0 aromatic heterocycles. The zero-order valence-electron chi connectivity index (χ0n) is 18.4. The van der Waals surface area contributed by atoms with Gasteiger partial charge in [-0.15, -0.1) is 0 Å². The van der Waals surface area contributed by atoms with E-state index in [4.69, 9.17) is 14.2 Å². The molecule has 1 rings (SSSR count). The van der Waals surface area contributed by atoms with Crippen molar-refractivity contribution in [2.75, 3.05) is 19.8 Å². The smallest absolute Gasteiger partial charge is 0.333 e. The van der Waals surface area contributed by atoms with Gasteiger partial charge in [0.1, 0.15) is 19.0 Å². The van der Waals surface area contributed by atoms with E-state index in [0.29, 0.717) is 30.3 Å². The minimum Gasteiger partial charge on any atom is -0.490 e. The summed E-state index contributed by atoms with van der Waals surface area (Å²) in [6.07, 6.45) is 4.63. The number of hydrogen-bond donors (Lipinski definition) is 0. The molecule has 0 radical (unpaired) electrons. The van der Waals surface area contributed by atoms with Crippen LogP contribution in [-0.2, 0) is 19.1 Å². The minimum absolute atomic E-state index is 0.237. The summed E-state index contributed by atoms with van der Waals surface area (Å²) in [4.78, 5) is 22.1. The van der Waals surface area contributed by atoms with Gasteiger partial charge in [0.2, 0.25) is 0 Å². The third-order valence-electron chi connectivity index (χ3n) is 4.02. The maximum Gasteiger partial charge on any atom is 0.333 e. The highest BCUT2D eigenvalue weighted by atomic mass is 16.6. The lowest BCUT2D eigenvalue weighted by atomic mass is 10.0. The van der Waals surface area contributed by atoms with E-state index in [-0.39, 0.29) is 18.5 Å². The first kappa shape index (κ1) is 26.4. The number of unbranched alkanes of at least 4 members (excludes halogenated alkanes) is 1. The Bertz CT molecular complexity index is 621. The molecule has 0 aliphatic rings. The van der Waals surface area contributed by atoms with Gasteiger partial charge < -0.3 is 14.2 Å². The van der Waals surface area contributed by atoms with Crippen LogP contribution in [0.1, 0.15) is 53.4 Å². The topological polar surface area (TPSA) is 61.8 Å². The zero-order chi connectivity index (χ0) is 22.1. The standard InChI is InChI=1S/C12H14O3.C12H22O2/c1-10(2)12(13)15-9-8-14-11-6-4-3-5-7-11;1-5-7-8-11(6-2)9-14-12(13)10(3)4/h3-7H,1,8-9H2,2H3;11H,3,5-9H2,1-2,4H3. The Balaban J connectivity index is 0.000000543. The van der Waals surface area contributed by atoms with Crippen LogP contribution in [0, 0.1) is 5.92 Å². The molecule has 1 unspecified atom stereocenters. The van der Waals surface area contributed by atoms with Crippen molar-refractivity contribution in [1.29, 1.82) is 0 Å². The third-order valence-corrected chi connectivity index (χ3v) is 4.02. The van der Waals surface area contributed by atoms with Gasteiger partial charge in [0, 0.05) is 11.1 Å². The molecule has 1 aromatic carbocycles. The van der Waals surface area contributed by atoms with Gasteiger partial charge in [0.25, 0.3) is 0 Å². The number of carbonyl (C=O) groups excluding carboxylic acids is 2. The zero-order valence-corrected chi connectivity index (χ0v) is 18.4. The quantitative estimate of drug-likeness (QED) is 0.261. The van der Waals surface area contributed by atoms with Crippen LogP contribution in [-0.4, -0.2) is 31.8 Å². The fourth-order valence-electron chi connectivity index (χ4n) is 2.15. The Morgan fingerprint density at radius 2 is 1.52 bits per heavy atom. The number of rotatable bonds is 12. The van der Waals surface area contributed by atoms with Crippen LogP contribution in [0.5, 0.6) is 5.75 Å². The van der Waals surface area contributed by atoms with Crippen molar-refractivity contribution in [2.45, 2.75) is 53.4 Å². The van der Waals surface area contributed by atoms with Gasteiger partial charge in [-0.1, -0.05) is 64.5 Å². The molecular weight excluding hydrogens is 368 g/mol. The Kier molecular flexibility index (Phi) is 15.0. The molecule has 0 bridgehead atoms. The number of hydrogen-bond acceptors (Lipinski definition) is 5. The number of benzene rings is 1. The van der Waals surface area contributed by atoms with Crippen molar-refractivity contribution in [1.82, 2.24) is 0 Å². The van der Waals surface area contributed by atoms with Crippen LogP contribution in [0.15, 0.2) is 54.6 Å². The molecule has 0 saturated heterocycles.